The zero-order chi connectivity index (χ0) is 15.5. The Labute approximate surface area is 138 Å². The lowest BCUT2D eigenvalue weighted by Crippen LogP contribution is -2.01. The van der Waals surface area contributed by atoms with Crippen molar-refractivity contribution >= 4 is 11.3 Å². The van der Waals surface area contributed by atoms with Gasteiger partial charge in [0.15, 0.2) is 0 Å². The second-order valence-electron chi connectivity index (χ2n) is 5.80. The summed E-state index contributed by atoms with van der Waals surface area (Å²) in [6, 6.07) is 10.4. The second-order valence-corrected chi connectivity index (χ2v) is 6.74. The van der Waals surface area contributed by atoms with Gasteiger partial charge >= 0.3 is 0 Å². The average Bonchev–Trinajstić information content (AvgIpc) is 3.30. The molecule has 1 aliphatic rings. The molecule has 0 spiro atoms. The number of thiazole rings is 1. The van der Waals surface area contributed by atoms with Gasteiger partial charge in [-0.1, -0.05) is 35.5 Å². The van der Waals surface area contributed by atoms with E-state index in [1.165, 1.54) is 5.56 Å². The fourth-order valence-electron chi connectivity index (χ4n) is 2.78. The Balaban J connectivity index is 1.41. The van der Waals surface area contributed by atoms with Crippen LogP contribution in [0.25, 0.3) is 0 Å². The zero-order valence-corrected chi connectivity index (χ0v) is 13.6. The van der Waals surface area contributed by atoms with E-state index in [0.717, 1.165) is 42.5 Å². The van der Waals surface area contributed by atoms with Gasteiger partial charge in [-0.05, 0) is 12.0 Å². The lowest BCUT2D eigenvalue weighted by molar-refractivity contribution is 0.193. The molecular weight excluding hydrogens is 308 g/mol. The van der Waals surface area contributed by atoms with E-state index in [2.05, 4.69) is 40.0 Å². The van der Waals surface area contributed by atoms with Crippen molar-refractivity contribution in [3.05, 3.63) is 63.9 Å². The molecule has 6 heteroatoms. The maximum absolute atomic E-state index is 5.41. The highest BCUT2D eigenvalue weighted by atomic mass is 32.1. The Morgan fingerprint density at radius 3 is 3.00 bits per heavy atom. The van der Waals surface area contributed by atoms with Crippen LogP contribution >= 0.6 is 11.3 Å². The third-order valence-corrected chi connectivity index (χ3v) is 4.92. The van der Waals surface area contributed by atoms with E-state index in [1.807, 2.05) is 16.9 Å². The Morgan fingerprint density at radius 2 is 2.17 bits per heavy atom. The van der Waals surface area contributed by atoms with E-state index in [4.69, 9.17) is 9.72 Å². The number of ether oxygens (including phenoxy) is 1. The molecule has 0 radical (unpaired) electrons. The van der Waals surface area contributed by atoms with Gasteiger partial charge in [-0.2, -0.15) is 0 Å². The lowest BCUT2D eigenvalue weighted by atomic mass is 10.1. The molecule has 0 aliphatic carbocycles. The van der Waals surface area contributed by atoms with Gasteiger partial charge < -0.3 is 4.74 Å². The molecule has 0 saturated carbocycles. The third-order valence-electron chi connectivity index (χ3n) is 4.03. The van der Waals surface area contributed by atoms with Crippen LogP contribution in [0.3, 0.4) is 0 Å². The number of hydrogen-bond donors (Lipinski definition) is 0. The smallest absolute Gasteiger partial charge is 0.0973 e. The summed E-state index contributed by atoms with van der Waals surface area (Å²) in [6.45, 7) is 2.26. The van der Waals surface area contributed by atoms with E-state index in [1.54, 1.807) is 11.3 Å². The number of rotatable bonds is 5. The van der Waals surface area contributed by atoms with E-state index in [-0.39, 0.29) is 0 Å². The fourth-order valence-corrected chi connectivity index (χ4v) is 3.60. The summed E-state index contributed by atoms with van der Waals surface area (Å²) in [7, 11) is 0. The fraction of sp³-hybridized carbons (Fsp3) is 0.353. The van der Waals surface area contributed by atoms with E-state index in [0.29, 0.717) is 12.5 Å². The van der Waals surface area contributed by atoms with E-state index >= 15 is 0 Å². The van der Waals surface area contributed by atoms with Crippen LogP contribution in [-0.2, 0) is 17.7 Å². The minimum atomic E-state index is 0.396. The molecule has 4 rings (SSSR count). The molecule has 1 saturated heterocycles. The highest BCUT2D eigenvalue weighted by Gasteiger charge is 2.20. The van der Waals surface area contributed by atoms with Crippen LogP contribution in [0.15, 0.2) is 41.9 Å². The van der Waals surface area contributed by atoms with E-state index < -0.39 is 0 Å². The molecular formula is C17H18N4OS. The number of aromatic nitrogens is 4. The first kappa shape index (κ1) is 14.5. The standard InChI is InChI=1S/C17H18N4OS/c1-2-4-13(5-3-1)8-17-18-15(12-23-17)9-21-10-16(19-20-21)14-6-7-22-11-14/h1-5,10,12,14H,6-9,11H2/t14-/m0/s1. The second kappa shape index (κ2) is 6.60. The summed E-state index contributed by atoms with van der Waals surface area (Å²) < 4.78 is 7.28. The molecule has 1 fully saturated rings. The molecule has 0 amide bonds. The number of nitrogens with zero attached hydrogens (tertiary/aromatic N) is 4. The van der Waals surface area contributed by atoms with Crippen molar-refractivity contribution in [1.29, 1.82) is 0 Å². The highest BCUT2D eigenvalue weighted by Crippen LogP contribution is 2.23. The van der Waals surface area contributed by atoms with Gasteiger partial charge in [0.2, 0.25) is 0 Å². The monoisotopic (exact) mass is 326 g/mol. The largest absolute Gasteiger partial charge is 0.381 e. The van der Waals surface area contributed by atoms with Crippen LogP contribution < -0.4 is 0 Å². The summed E-state index contributed by atoms with van der Waals surface area (Å²) in [6.07, 6.45) is 3.94. The third kappa shape index (κ3) is 3.48. The van der Waals surface area contributed by atoms with Crippen molar-refractivity contribution in [2.24, 2.45) is 0 Å². The lowest BCUT2D eigenvalue weighted by Gasteiger charge is -2.00. The normalized spacial score (nSPS) is 17.7. The Morgan fingerprint density at radius 1 is 1.26 bits per heavy atom. The van der Waals surface area contributed by atoms with Gasteiger partial charge in [-0.25, -0.2) is 9.67 Å². The Bertz CT molecular complexity index is 762. The van der Waals surface area contributed by atoms with Crippen molar-refractivity contribution < 1.29 is 4.74 Å². The molecule has 1 aliphatic heterocycles. The van der Waals surface area contributed by atoms with Crippen LogP contribution in [-0.4, -0.2) is 33.2 Å². The topological polar surface area (TPSA) is 52.8 Å². The summed E-state index contributed by atoms with van der Waals surface area (Å²) >= 11 is 1.70. The maximum atomic E-state index is 5.41. The van der Waals surface area contributed by atoms with Gasteiger partial charge in [0, 0.05) is 30.5 Å². The molecule has 0 bridgehead atoms. The van der Waals surface area contributed by atoms with Gasteiger partial charge in [-0.3, -0.25) is 0 Å². The molecule has 0 unspecified atom stereocenters. The predicted octanol–water partition coefficient (Wildman–Crippen LogP) is 2.88. The molecule has 3 aromatic rings. The first-order chi connectivity index (χ1) is 11.4. The minimum absolute atomic E-state index is 0.396. The van der Waals surface area contributed by atoms with Crippen LogP contribution in [0.5, 0.6) is 0 Å². The van der Waals surface area contributed by atoms with Crippen molar-refractivity contribution in [2.45, 2.75) is 25.3 Å². The van der Waals surface area contributed by atoms with Gasteiger partial charge in [0.25, 0.3) is 0 Å². The van der Waals surface area contributed by atoms with Gasteiger partial charge in [0.1, 0.15) is 0 Å². The predicted molar refractivity (Wildman–Crippen MR) is 88.7 cm³/mol. The molecule has 1 aromatic carbocycles. The molecule has 118 valence electrons. The summed E-state index contributed by atoms with van der Waals surface area (Å²) in [4.78, 5) is 4.71. The number of hydrogen-bond acceptors (Lipinski definition) is 5. The Hall–Kier alpha value is -2.05. The van der Waals surface area contributed by atoms with Crippen molar-refractivity contribution in [2.75, 3.05) is 13.2 Å². The van der Waals surface area contributed by atoms with Gasteiger partial charge in [0.05, 0.1) is 29.5 Å². The number of benzene rings is 1. The molecule has 5 nitrogen and oxygen atoms in total. The summed E-state index contributed by atoms with van der Waals surface area (Å²) in [5.74, 6) is 0.396. The van der Waals surface area contributed by atoms with Gasteiger partial charge in [-0.15, -0.1) is 16.4 Å². The Kier molecular flexibility index (Phi) is 4.17. The molecule has 0 N–H and O–H groups in total. The first-order valence-electron chi connectivity index (χ1n) is 7.82. The minimum Gasteiger partial charge on any atom is -0.381 e. The maximum Gasteiger partial charge on any atom is 0.0973 e. The van der Waals surface area contributed by atoms with Crippen molar-refractivity contribution in [3.8, 4) is 0 Å². The van der Waals surface area contributed by atoms with Crippen molar-refractivity contribution in [1.82, 2.24) is 20.0 Å². The quantitative estimate of drug-likeness (QED) is 0.723. The summed E-state index contributed by atoms with van der Waals surface area (Å²) in [5.41, 5.74) is 3.36. The van der Waals surface area contributed by atoms with Crippen LogP contribution in [0, 0.1) is 0 Å². The van der Waals surface area contributed by atoms with Crippen LogP contribution in [0.4, 0.5) is 0 Å². The first-order valence-corrected chi connectivity index (χ1v) is 8.70. The van der Waals surface area contributed by atoms with E-state index in [9.17, 15) is 0 Å². The van der Waals surface area contributed by atoms with Crippen LogP contribution in [0.1, 0.15) is 34.3 Å². The molecule has 2 aromatic heterocycles. The van der Waals surface area contributed by atoms with Crippen molar-refractivity contribution in [3.63, 3.8) is 0 Å². The SMILES string of the molecule is c1ccc(Cc2nc(Cn3cc([C@H]4CCOC4)nn3)cs2)cc1. The highest BCUT2D eigenvalue weighted by molar-refractivity contribution is 7.09. The summed E-state index contributed by atoms with van der Waals surface area (Å²) in [5, 5.41) is 11.7. The van der Waals surface area contributed by atoms with Crippen LogP contribution in [0.2, 0.25) is 0 Å². The zero-order valence-electron chi connectivity index (χ0n) is 12.8. The molecule has 23 heavy (non-hydrogen) atoms. The average molecular weight is 326 g/mol. The molecule has 1 atom stereocenters. The molecule has 3 heterocycles.